The summed E-state index contributed by atoms with van der Waals surface area (Å²) in [5, 5.41) is 6.32. The van der Waals surface area contributed by atoms with E-state index >= 15 is 0 Å². The number of alkyl carbamates (subject to hydrolysis) is 1. The first-order valence-corrected chi connectivity index (χ1v) is 16.2. The average molecular weight is 605 g/mol. The summed E-state index contributed by atoms with van der Waals surface area (Å²) in [4.78, 5) is 39.3. The van der Waals surface area contributed by atoms with Crippen molar-refractivity contribution in [2.24, 2.45) is 0 Å². The van der Waals surface area contributed by atoms with Crippen LogP contribution in [0.2, 0.25) is 0 Å². The average Bonchev–Trinajstić information content (AvgIpc) is 3.69. The number of hydrogen-bond acceptors (Lipinski definition) is 8. The van der Waals surface area contributed by atoms with Crippen LogP contribution in [0.4, 0.5) is 27.9 Å². The van der Waals surface area contributed by atoms with Crippen LogP contribution in [0.25, 0.3) is 0 Å². The van der Waals surface area contributed by atoms with Crippen LogP contribution >= 0.6 is 0 Å². The van der Waals surface area contributed by atoms with Crippen molar-refractivity contribution in [3.8, 4) is 0 Å². The van der Waals surface area contributed by atoms with Crippen molar-refractivity contribution in [1.29, 1.82) is 0 Å². The smallest absolute Gasteiger partial charge is 0.408 e. The molecule has 10 heteroatoms. The standard InChI is InChI=1S/C34H48N6O4/c1-7-28-31(41)39(6)29-21-35-32(38-30(29)40(28)25-12-8-9-13-25)36-24-18-16-23(17-19-24)20-27(37-33(42)44-34(3,4)5)22(2)43-26-14-10-11-15-26/h16-19,21,25-28H,2,7-15,20H2,1,3-6H3,(H,37,42)(H,35,36,38)/t27-,28+/m0/s1. The Balaban J connectivity index is 1.30. The highest BCUT2D eigenvalue weighted by atomic mass is 16.6. The van der Waals surface area contributed by atoms with Crippen molar-refractivity contribution in [2.75, 3.05) is 22.2 Å². The fourth-order valence-corrected chi connectivity index (χ4v) is 6.53. The Morgan fingerprint density at radius 3 is 2.39 bits per heavy atom. The second kappa shape index (κ2) is 13.4. The lowest BCUT2D eigenvalue weighted by Crippen LogP contribution is -2.55. The molecule has 3 aliphatic rings. The Morgan fingerprint density at radius 2 is 1.75 bits per heavy atom. The first kappa shape index (κ1) is 31.6. The number of likely N-dealkylation sites (N-methyl/N-ethyl adjacent to an activating group) is 1. The molecule has 238 valence electrons. The molecular formula is C34H48N6O4. The monoisotopic (exact) mass is 604 g/mol. The van der Waals surface area contributed by atoms with E-state index in [0.29, 0.717) is 24.2 Å². The lowest BCUT2D eigenvalue weighted by atomic mass is 10.0. The third-order valence-corrected chi connectivity index (χ3v) is 8.76. The van der Waals surface area contributed by atoms with Crippen molar-refractivity contribution >= 4 is 35.1 Å². The molecule has 2 N–H and O–H groups in total. The Labute approximate surface area is 261 Å². The zero-order valence-corrected chi connectivity index (χ0v) is 26.9. The zero-order chi connectivity index (χ0) is 31.4. The second-order valence-corrected chi connectivity index (χ2v) is 13.3. The molecule has 0 spiro atoms. The summed E-state index contributed by atoms with van der Waals surface area (Å²) < 4.78 is 11.7. The molecule has 0 bridgehead atoms. The zero-order valence-electron chi connectivity index (χ0n) is 26.9. The molecule has 2 aromatic rings. The molecule has 0 radical (unpaired) electrons. The number of carbonyl (C=O) groups is 2. The highest BCUT2D eigenvalue weighted by molar-refractivity contribution is 6.04. The number of nitrogens with zero attached hydrogens (tertiary/aromatic N) is 4. The predicted molar refractivity (Wildman–Crippen MR) is 173 cm³/mol. The van der Waals surface area contributed by atoms with Crippen LogP contribution in [0.15, 0.2) is 42.8 Å². The number of aromatic nitrogens is 2. The molecule has 1 aromatic carbocycles. The van der Waals surface area contributed by atoms with Crippen molar-refractivity contribution in [3.63, 3.8) is 0 Å². The fourth-order valence-electron chi connectivity index (χ4n) is 6.53. The van der Waals surface area contributed by atoms with E-state index in [1.807, 2.05) is 52.1 Å². The molecule has 1 aliphatic heterocycles. The maximum absolute atomic E-state index is 13.2. The largest absolute Gasteiger partial charge is 0.493 e. The van der Waals surface area contributed by atoms with Gasteiger partial charge in [0.1, 0.15) is 23.1 Å². The van der Waals surface area contributed by atoms with Gasteiger partial charge in [0.25, 0.3) is 0 Å². The van der Waals surface area contributed by atoms with E-state index in [-0.39, 0.29) is 18.1 Å². The molecule has 2 fully saturated rings. The van der Waals surface area contributed by atoms with Gasteiger partial charge < -0.3 is 29.9 Å². The summed E-state index contributed by atoms with van der Waals surface area (Å²) in [5.74, 6) is 1.95. The number of benzene rings is 1. The molecule has 1 aromatic heterocycles. The van der Waals surface area contributed by atoms with Crippen LogP contribution in [-0.4, -0.2) is 58.8 Å². The van der Waals surface area contributed by atoms with Gasteiger partial charge in [0.05, 0.1) is 18.3 Å². The van der Waals surface area contributed by atoms with Gasteiger partial charge in [-0.2, -0.15) is 4.98 Å². The summed E-state index contributed by atoms with van der Waals surface area (Å²) in [7, 11) is 1.81. The van der Waals surface area contributed by atoms with E-state index in [1.165, 1.54) is 12.8 Å². The molecule has 0 saturated heterocycles. The summed E-state index contributed by atoms with van der Waals surface area (Å²) in [6.45, 7) is 11.8. The van der Waals surface area contributed by atoms with Gasteiger partial charge in [-0.25, -0.2) is 9.78 Å². The van der Waals surface area contributed by atoms with E-state index < -0.39 is 17.7 Å². The molecule has 2 atom stereocenters. The molecule has 2 saturated carbocycles. The van der Waals surface area contributed by atoms with Crippen molar-refractivity contribution in [2.45, 2.75) is 122 Å². The van der Waals surface area contributed by atoms with Gasteiger partial charge in [0.2, 0.25) is 11.9 Å². The number of carbonyl (C=O) groups excluding carboxylic acids is 2. The van der Waals surface area contributed by atoms with Gasteiger partial charge in [-0.1, -0.05) is 38.5 Å². The Morgan fingerprint density at radius 1 is 1.09 bits per heavy atom. The van der Waals surface area contributed by atoms with Gasteiger partial charge in [0.15, 0.2) is 5.82 Å². The molecule has 2 heterocycles. The maximum atomic E-state index is 13.2. The number of rotatable bonds is 10. The highest BCUT2D eigenvalue weighted by Gasteiger charge is 2.41. The summed E-state index contributed by atoms with van der Waals surface area (Å²) >= 11 is 0. The molecule has 44 heavy (non-hydrogen) atoms. The van der Waals surface area contributed by atoms with Crippen LogP contribution in [0.5, 0.6) is 0 Å². The summed E-state index contributed by atoms with van der Waals surface area (Å²) in [6.07, 6.45) is 11.4. The van der Waals surface area contributed by atoms with Gasteiger partial charge >= 0.3 is 6.09 Å². The van der Waals surface area contributed by atoms with Gasteiger partial charge in [0, 0.05) is 18.8 Å². The highest BCUT2D eigenvalue weighted by Crippen LogP contribution is 2.40. The fraction of sp³-hybridized carbons (Fsp3) is 0.588. The lowest BCUT2D eigenvalue weighted by molar-refractivity contribution is -0.120. The number of hydrogen-bond donors (Lipinski definition) is 2. The molecule has 2 amide bonds. The number of anilines is 4. The summed E-state index contributed by atoms with van der Waals surface area (Å²) in [6, 6.07) is 7.64. The predicted octanol–water partition coefficient (Wildman–Crippen LogP) is 6.63. The molecule has 2 aliphatic carbocycles. The number of ether oxygens (including phenoxy) is 2. The van der Waals surface area contributed by atoms with Crippen LogP contribution in [0, 0.1) is 0 Å². The van der Waals surface area contributed by atoms with Gasteiger partial charge in [-0.05, 0) is 89.8 Å². The van der Waals surface area contributed by atoms with Crippen molar-refractivity contribution in [1.82, 2.24) is 15.3 Å². The Bertz CT molecular complexity index is 1330. The molecule has 0 unspecified atom stereocenters. The molecule has 10 nitrogen and oxygen atoms in total. The number of amides is 2. The Kier molecular flexibility index (Phi) is 9.65. The number of fused-ring (bicyclic) bond motifs is 1. The summed E-state index contributed by atoms with van der Waals surface area (Å²) in [5.41, 5.74) is 1.99. The van der Waals surface area contributed by atoms with Crippen LogP contribution < -0.4 is 20.4 Å². The first-order chi connectivity index (χ1) is 21.0. The molecule has 5 rings (SSSR count). The number of nitrogens with one attached hydrogen (secondary N) is 2. The minimum Gasteiger partial charge on any atom is -0.493 e. The second-order valence-electron chi connectivity index (χ2n) is 13.3. The van der Waals surface area contributed by atoms with Crippen LogP contribution in [0.1, 0.15) is 91.0 Å². The quantitative estimate of drug-likeness (QED) is 0.291. The Hall–Kier alpha value is -3.82. The minimum absolute atomic E-state index is 0.0996. The first-order valence-electron chi connectivity index (χ1n) is 16.2. The lowest BCUT2D eigenvalue weighted by Gasteiger charge is -2.43. The van der Waals surface area contributed by atoms with E-state index in [9.17, 15) is 9.59 Å². The van der Waals surface area contributed by atoms with Crippen LogP contribution in [0.3, 0.4) is 0 Å². The molecular weight excluding hydrogens is 556 g/mol. The van der Waals surface area contributed by atoms with Gasteiger partial charge in [-0.3, -0.25) is 4.79 Å². The van der Waals surface area contributed by atoms with E-state index in [0.717, 1.165) is 67.7 Å². The third-order valence-electron chi connectivity index (χ3n) is 8.76. The van der Waals surface area contributed by atoms with Gasteiger partial charge in [-0.15, -0.1) is 0 Å². The maximum Gasteiger partial charge on any atom is 0.408 e. The van der Waals surface area contributed by atoms with Crippen molar-refractivity contribution < 1.29 is 19.1 Å². The van der Waals surface area contributed by atoms with Crippen molar-refractivity contribution in [3.05, 3.63) is 48.4 Å². The van der Waals surface area contributed by atoms with E-state index in [1.54, 1.807) is 11.1 Å². The SMILES string of the molecule is C=C(OC1CCCC1)[C@H](Cc1ccc(Nc2ncc3c(n2)N(C2CCCC2)[C@H](CC)C(=O)N3C)cc1)NC(=O)OC(C)(C)C. The normalized spacial score (nSPS) is 19.9. The topological polar surface area (TPSA) is 109 Å². The van der Waals surface area contributed by atoms with E-state index in [2.05, 4.69) is 34.0 Å². The minimum atomic E-state index is -0.606. The van der Waals surface area contributed by atoms with E-state index in [4.69, 9.17) is 14.5 Å². The van der Waals surface area contributed by atoms with Crippen LogP contribution in [-0.2, 0) is 20.7 Å². The third kappa shape index (κ3) is 7.45.